The molecular formula is C19H17FN2O4S. The third-order valence-electron chi connectivity index (χ3n) is 3.82. The lowest BCUT2D eigenvalue weighted by atomic mass is 10.1. The third-order valence-corrected chi connectivity index (χ3v) is 4.58. The van der Waals surface area contributed by atoms with Crippen molar-refractivity contribution < 1.29 is 23.4 Å². The molecule has 1 heterocycles. The van der Waals surface area contributed by atoms with E-state index in [-0.39, 0.29) is 11.3 Å². The van der Waals surface area contributed by atoms with Crippen LogP contribution >= 0.6 is 11.3 Å². The summed E-state index contributed by atoms with van der Waals surface area (Å²) in [5.74, 6) is 0.227. The van der Waals surface area contributed by atoms with Crippen molar-refractivity contribution in [1.82, 2.24) is 4.98 Å². The van der Waals surface area contributed by atoms with E-state index in [9.17, 15) is 9.18 Å². The summed E-state index contributed by atoms with van der Waals surface area (Å²) in [6, 6.07) is 9.45. The van der Waals surface area contributed by atoms with Crippen molar-refractivity contribution in [3.05, 3.63) is 53.2 Å². The van der Waals surface area contributed by atoms with Crippen LogP contribution in [0.1, 0.15) is 10.4 Å². The highest BCUT2D eigenvalue weighted by molar-refractivity contribution is 7.14. The fraction of sp³-hybridized carbons (Fsp3) is 0.158. The summed E-state index contributed by atoms with van der Waals surface area (Å²) in [5.41, 5.74) is 1.67. The standard InChI is InChI=1S/C19H17FN2O4S/c1-24-15-6-5-12(8-13(15)20)18(23)22-19-21-14(10-27-19)11-4-7-16(25-2)17(9-11)26-3/h4-10H,1-3H3,(H,21,22,23). The topological polar surface area (TPSA) is 69.7 Å². The molecule has 0 fully saturated rings. The van der Waals surface area contributed by atoms with Gasteiger partial charge in [-0.25, -0.2) is 9.37 Å². The Hall–Kier alpha value is -3.13. The second-order valence-electron chi connectivity index (χ2n) is 5.41. The number of amides is 1. The Kier molecular flexibility index (Phi) is 5.56. The summed E-state index contributed by atoms with van der Waals surface area (Å²) >= 11 is 1.27. The molecule has 3 aromatic rings. The molecule has 27 heavy (non-hydrogen) atoms. The average molecular weight is 388 g/mol. The Morgan fingerprint density at radius 3 is 2.37 bits per heavy atom. The lowest BCUT2D eigenvalue weighted by Crippen LogP contribution is -2.12. The van der Waals surface area contributed by atoms with Crippen LogP contribution in [0.4, 0.5) is 9.52 Å². The van der Waals surface area contributed by atoms with Gasteiger partial charge < -0.3 is 14.2 Å². The highest BCUT2D eigenvalue weighted by Gasteiger charge is 2.14. The number of nitrogens with zero attached hydrogens (tertiary/aromatic N) is 1. The highest BCUT2D eigenvalue weighted by Crippen LogP contribution is 2.33. The molecule has 0 saturated heterocycles. The maximum Gasteiger partial charge on any atom is 0.257 e. The van der Waals surface area contributed by atoms with E-state index in [0.29, 0.717) is 22.3 Å². The largest absolute Gasteiger partial charge is 0.494 e. The van der Waals surface area contributed by atoms with E-state index in [1.165, 1.54) is 30.6 Å². The number of benzene rings is 2. The van der Waals surface area contributed by atoms with Gasteiger partial charge in [0, 0.05) is 16.5 Å². The van der Waals surface area contributed by atoms with Crippen molar-refractivity contribution in [3.63, 3.8) is 0 Å². The van der Waals surface area contributed by atoms with Crippen LogP contribution < -0.4 is 19.5 Å². The summed E-state index contributed by atoms with van der Waals surface area (Å²) in [4.78, 5) is 16.7. The molecular weight excluding hydrogens is 371 g/mol. The number of thiazole rings is 1. The molecule has 6 nitrogen and oxygen atoms in total. The molecule has 0 unspecified atom stereocenters. The normalized spacial score (nSPS) is 10.4. The zero-order chi connectivity index (χ0) is 19.4. The minimum atomic E-state index is -0.602. The molecule has 0 saturated carbocycles. The molecule has 140 valence electrons. The van der Waals surface area contributed by atoms with Gasteiger partial charge in [-0.15, -0.1) is 11.3 Å². The molecule has 0 aliphatic carbocycles. The van der Waals surface area contributed by atoms with Crippen molar-refractivity contribution in [3.8, 4) is 28.5 Å². The number of hydrogen-bond donors (Lipinski definition) is 1. The lowest BCUT2D eigenvalue weighted by molar-refractivity contribution is 0.102. The molecule has 0 radical (unpaired) electrons. The zero-order valence-electron chi connectivity index (χ0n) is 14.9. The van der Waals surface area contributed by atoms with E-state index in [1.54, 1.807) is 26.4 Å². The fourth-order valence-electron chi connectivity index (χ4n) is 2.44. The van der Waals surface area contributed by atoms with E-state index in [0.717, 1.165) is 11.6 Å². The van der Waals surface area contributed by atoms with E-state index in [4.69, 9.17) is 14.2 Å². The van der Waals surface area contributed by atoms with Crippen LogP contribution in [0.5, 0.6) is 17.2 Å². The number of aromatic nitrogens is 1. The van der Waals surface area contributed by atoms with Gasteiger partial charge >= 0.3 is 0 Å². The second kappa shape index (κ2) is 8.05. The van der Waals surface area contributed by atoms with Gasteiger partial charge in [0.25, 0.3) is 5.91 Å². The third kappa shape index (κ3) is 4.01. The van der Waals surface area contributed by atoms with E-state index in [1.807, 2.05) is 11.4 Å². The van der Waals surface area contributed by atoms with Crippen molar-refractivity contribution in [2.75, 3.05) is 26.6 Å². The van der Waals surface area contributed by atoms with Crippen LogP contribution in [0.15, 0.2) is 41.8 Å². The number of rotatable bonds is 6. The zero-order valence-corrected chi connectivity index (χ0v) is 15.7. The first-order chi connectivity index (χ1) is 13.0. The minimum absolute atomic E-state index is 0.0801. The Morgan fingerprint density at radius 1 is 1.00 bits per heavy atom. The Balaban J connectivity index is 1.78. The second-order valence-corrected chi connectivity index (χ2v) is 6.27. The molecule has 1 amide bonds. The molecule has 0 atom stereocenters. The van der Waals surface area contributed by atoms with Crippen LogP contribution in [0, 0.1) is 5.82 Å². The Morgan fingerprint density at radius 2 is 1.70 bits per heavy atom. The monoisotopic (exact) mass is 388 g/mol. The van der Waals surface area contributed by atoms with Gasteiger partial charge in [-0.05, 0) is 36.4 Å². The molecule has 1 N–H and O–H groups in total. The Bertz CT molecular complexity index is 974. The highest BCUT2D eigenvalue weighted by atomic mass is 32.1. The maximum absolute atomic E-state index is 13.8. The van der Waals surface area contributed by atoms with Crippen molar-refractivity contribution in [2.24, 2.45) is 0 Å². The lowest BCUT2D eigenvalue weighted by Gasteiger charge is -2.08. The van der Waals surface area contributed by atoms with Crippen LogP contribution in [-0.4, -0.2) is 32.2 Å². The predicted octanol–water partition coefficient (Wildman–Crippen LogP) is 4.23. The molecule has 0 spiro atoms. The first kappa shape index (κ1) is 18.7. The Labute approximate surface area is 159 Å². The van der Waals surface area contributed by atoms with Crippen LogP contribution in [0.2, 0.25) is 0 Å². The first-order valence-electron chi connectivity index (χ1n) is 7.88. The van der Waals surface area contributed by atoms with Gasteiger partial charge in [-0.1, -0.05) is 0 Å². The molecule has 1 aromatic heterocycles. The fourth-order valence-corrected chi connectivity index (χ4v) is 3.15. The quantitative estimate of drug-likeness (QED) is 0.684. The van der Waals surface area contributed by atoms with Gasteiger partial charge in [0.15, 0.2) is 28.2 Å². The van der Waals surface area contributed by atoms with Gasteiger partial charge in [0.2, 0.25) is 0 Å². The smallest absolute Gasteiger partial charge is 0.257 e. The average Bonchev–Trinajstić information content (AvgIpc) is 3.15. The van der Waals surface area contributed by atoms with Crippen LogP contribution in [0.3, 0.4) is 0 Å². The molecule has 0 aliphatic heterocycles. The molecule has 3 rings (SSSR count). The maximum atomic E-state index is 13.8. The van der Waals surface area contributed by atoms with Crippen molar-refractivity contribution in [1.29, 1.82) is 0 Å². The van der Waals surface area contributed by atoms with Crippen LogP contribution in [-0.2, 0) is 0 Å². The van der Waals surface area contributed by atoms with E-state index in [2.05, 4.69) is 10.3 Å². The number of carbonyl (C=O) groups excluding carboxylic acids is 1. The summed E-state index contributed by atoms with van der Waals surface area (Å²) in [6.45, 7) is 0. The van der Waals surface area contributed by atoms with Gasteiger partial charge in [0.05, 0.1) is 27.0 Å². The van der Waals surface area contributed by atoms with Gasteiger partial charge in [-0.2, -0.15) is 0 Å². The number of ether oxygens (including phenoxy) is 3. The van der Waals surface area contributed by atoms with Crippen LogP contribution in [0.25, 0.3) is 11.3 Å². The van der Waals surface area contributed by atoms with Gasteiger partial charge in [0.1, 0.15) is 0 Å². The number of nitrogens with one attached hydrogen (secondary N) is 1. The van der Waals surface area contributed by atoms with E-state index >= 15 is 0 Å². The summed E-state index contributed by atoms with van der Waals surface area (Å²) < 4.78 is 29.1. The number of anilines is 1. The molecule has 2 aromatic carbocycles. The first-order valence-corrected chi connectivity index (χ1v) is 8.76. The summed E-state index contributed by atoms with van der Waals surface area (Å²) in [5, 5.41) is 4.88. The predicted molar refractivity (Wildman–Crippen MR) is 102 cm³/mol. The SMILES string of the molecule is COc1ccc(C(=O)Nc2nc(-c3ccc(OC)c(OC)c3)cs2)cc1F. The minimum Gasteiger partial charge on any atom is -0.494 e. The number of carbonyl (C=O) groups is 1. The molecule has 0 bridgehead atoms. The van der Waals surface area contributed by atoms with E-state index < -0.39 is 11.7 Å². The van der Waals surface area contributed by atoms with Crippen molar-refractivity contribution in [2.45, 2.75) is 0 Å². The number of hydrogen-bond acceptors (Lipinski definition) is 6. The number of halogens is 1. The summed E-state index contributed by atoms with van der Waals surface area (Å²) in [7, 11) is 4.49. The van der Waals surface area contributed by atoms with Gasteiger partial charge in [-0.3, -0.25) is 10.1 Å². The van der Waals surface area contributed by atoms with Crippen molar-refractivity contribution >= 4 is 22.4 Å². The summed E-state index contributed by atoms with van der Waals surface area (Å²) in [6.07, 6.45) is 0. The number of methoxy groups -OCH3 is 3. The molecule has 0 aliphatic rings. The molecule has 8 heteroatoms.